The zero-order valence-electron chi connectivity index (χ0n) is 15.5. The number of aromatic amines is 1. The van der Waals surface area contributed by atoms with Crippen LogP contribution in [-0.4, -0.2) is 41.3 Å². The van der Waals surface area contributed by atoms with E-state index in [0.717, 1.165) is 28.8 Å². The Morgan fingerprint density at radius 2 is 1.82 bits per heavy atom. The number of amides is 2. The molecule has 0 aliphatic carbocycles. The van der Waals surface area contributed by atoms with Crippen molar-refractivity contribution in [3.8, 4) is 0 Å². The van der Waals surface area contributed by atoms with Gasteiger partial charge in [0.05, 0.1) is 6.54 Å². The first-order valence-electron chi connectivity index (χ1n) is 9.49. The van der Waals surface area contributed by atoms with E-state index < -0.39 is 0 Å². The molecule has 1 fully saturated rings. The zero-order valence-corrected chi connectivity index (χ0v) is 16.2. The van der Waals surface area contributed by atoms with Crippen LogP contribution in [0.1, 0.15) is 34.8 Å². The van der Waals surface area contributed by atoms with Crippen LogP contribution < -0.4 is 5.32 Å². The van der Waals surface area contributed by atoms with Crippen molar-refractivity contribution < 1.29 is 9.59 Å². The maximum atomic E-state index is 12.4. The standard InChI is InChI=1S/C22H22ClN3O2/c23-18-6-7-19-17(12-18)13-20(25-19)15-8-10-26(11-9-15)21(27)14-24-22(28)16-4-2-1-3-5-16/h1-7,12-13,15,25H,8-11,14H2,(H,24,28). The van der Waals surface area contributed by atoms with E-state index in [2.05, 4.69) is 16.4 Å². The molecule has 28 heavy (non-hydrogen) atoms. The van der Waals surface area contributed by atoms with Gasteiger partial charge in [0.1, 0.15) is 0 Å². The smallest absolute Gasteiger partial charge is 0.251 e. The van der Waals surface area contributed by atoms with E-state index in [1.807, 2.05) is 29.2 Å². The second-order valence-corrected chi connectivity index (χ2v) is 7.60. The summed E-state index contributed by atoms with van der Waals surface area (Å²) < 4.78 is 0. The van der Waals surface area contributed by atoms with E-state index in [1.165, 1.54) is 5.69 Å². The predicted octanol–water partition coefficient (Wildman–Crippen LogP) is 3.96. The van der Waals surface area contributed by atoms with Gasteiger partial charge < -0.3 is 15.2 Å². The Morgan fingerprint density at radius 3 is 2.57 bits per heavy atom. The van der Waals surface area contributed by atoms with Gasteiger partial charge in [-0.2, -0.15) is 0 Å². The third-order valence-electron chi connectivity index (χ3n) is 5.33. The van der Waals surface area contributed by atoms with Crippen LogP contribution in [0.4, 0.5) is 0 Å². The number of hydrogen-bond donors (Lipinski definition) is 2. The van der Waals surface area contributed by atoms with Crippen LogP contribution in [-0.2, 0) is 4.79 Å². The third kappa shape index (κ3) is 4.04. The van der Waals surface area contributed by atoms with Crippen molar-refractivity contribution >= 4 is 34.3 Å². The van der Waals surface area contributed by atoms with Crippen molar-refractivity contribution in [1.82, 2.24) is 15.2 Å². The Labute approximate surface area is 168 Å². The number of carbonyl (C=O) groups is 2. The number of H-pyrrole nitrogens is 1. The van der Waals surface area contributed by atoms with Crippen molar-refractivity contribution in [3.05, 3.63) is 70.9 Å². The van der Waals surface area contributed by atoms with Crippen LogP contribution in [0, 0.1) is 0 Å². The summed E-state index contributed by atoms with van der Waals surface area (Å²) in [5.41, 5.74) is 2.84. The van der Waals surface area contributed by atoms with Crippen molar-refractivity contribution in [3.63, 3.8) is 0 Å². The molecule has 0 unspecified atom stereocenters. The number of piperidine rings is 1. The fourth-order valence-electron chi connectivity index (χ4n) is 3.75. The molecule has 0 radical (unpaired) electrons. The lowest BCUT2D eigenvalue weighted by molar-refractivity contribution is -0.131. The Bertz CT molecular complexity index is 991. The normalized spacial score (nSPS) is 15.0. The van der Waals surface area contributed by atoms with Gasteiger partial charge in [-0.15, -0.1) is 0 Å². The van der Waals surface area contributed by atoms with Gasteiger partial charge in [0.2, 0.25) is 5.91 Å². The van der Waals surface area contributed by atoms with Gasteiger partial charge in [-0.3, -0.25) is 9.59 Å². The van der Waals surface area contributed by atoms with Crippen molar-refractivity contribution in [1.29, 1.82) is 0 Å². The first kappa shape index (κ1) is 18.6. The summed E-state index contributed by atoms with van der Waals surface area (Å²) >= 11 is 6.07. The highest BCUT2D eigenvalue weighted by atomic mass is 35.5. The van der Waals surface area contributed by atoms with Gasteiger partial charge in [-0.05, 0) is 49.2 Å². The van der Waals surface area contributed by atoms with E-state index in [1.54, 1.807) is 24.3 Å². The summed E-state index contributed by atoms with van der Waals surface area (Å²) in [6.45, 7) is 1.42. The second kappa shape index (κ2) is 8.07. The lowest BCUT2D eigenvalue weighted by Crippen LogP contribution is -2.43. The molecule has 2 amide bonds. The predicted molar refractivity (Wildman–Crippen MR) is 111 cm³/mol. The minimum atomic E-state index is -0.222. The molecule has 1 saturated heterocycles. The molecule has 3 aromatic rings. The number of nitrogens with zero attached hydrogens (tertiary/aromatic N) is 1. The topological polar surface area (TPSA) is 65.2 Å². The van der Waals surface area contributed by atoms with E-state index in [4.69, 9.17) is 11.6 Å². The monoisotopic (exact) mass is 395 g/mol. The van der Waals surface area contributed by atoms with Crippen LogP contribution in [0.15, 0.2) is 54.6 Å². The fraction of sp³-hybridized carbons (Fsp3) is 0.273. The molecule has 5 nitrogen and oxygen atoms in total. The lowest BCUT2D eigenvalue weighted by Gasteiger charge is -2.31. The van der Waals surface area contributed by atoms with Gasteiger partial charge in [0.15, 0.2) is 0 Å². The number of benzene rings is 2. The number of aromatic nitrogens is 1. The van der Waals surface area contributed by atoms with Crippen molar-refractivity contribution in [2.45, 2.75) is 18.8 Å². The first-order valence-corrected chi connectivity index (χ1v) is 9.87. The Hall–Kier alpha value is -2.79. The van der Waals surface area contributed by atoms with Gasteiger partial charge in [0.25, 0.3) is 5.91 Å². The average Bonchev–Trinajstić information content (AvgIpc) is 3.15. The average molecular weight is 396 g/mol. The molecule has 6 heteroatoms. The van der Waals surface area contributed by atoms with Crippen LogP contribution in [0.3, 0.4) is 0 Å². The van der Waals surface area contributed by atoms with E-state index in [0.29, 0.717) is 24.6 Å². The Morgan fingerprint density at radius 1 is 1.07 bits per heavy atom. The third-order valence-corrected chi connectivity index (χ3v) is 5.56. The molecular formula is C22H22ClN3O2. The molecule has 0 bridgehead atoms. The number of likely N-dealkylation sites (tertiary alicyclic amines) is 1. The number of nitrogens with one attached hydrogen (secondary N) is 2. The zero-order chi connectivity index (χ0) is 19.5. The van der Waals surface area contributed by atoms with Gasteiger partial charge >= 0.3 is 0 Å². The van der Waals surface area contributed by atoms with Gasteiger partial charge in [-0.1, -0.05) is 29.8 Å². The summed E-state index contributed by atoms with van der Waals surface area (Å²) in [4.78, 5) is 29.8. The Balaban J connectivity index is 1.30. The van der Waals surface area contributed by atoms with E-state index in [9.17, 15) is 9.59 Å². The van der Waals surface area contributed by atoms with E-state index in [-0.39, 0.29) is 18.4 Å². The molecule has 4 rings (SSSR count). The molecule has 2 aromatic carbocycles. The number of halogens is 1. The SMILES string of the molecule is O=C(NCC(=O)N1CCC(c2cc3cc(Cl)ccc3[nH]2)CC1)c1ccccc1. The number of fused-ring (bicyclic) bond motifs is 1. The molecule has 1 aliphatic heterocycles. The summed E-state index contributed by atoms with van der Waals surface area (Å²) in [5, 5.41) is 4.56. The van der Waals surface area contributed by atoms with Crippen LogP contribution in [0.2, 0.25) is 5.02 Å². The van der Waals surface area contributed by atoms with Gasteiger partial charge in [0, 0.05) is 46.2 Å². The highest BCUT2D eigenvalue weighted by Crippen LogP contribution is 2.30. The second-order valence-electron chi connectivity index (χ2n) is 7.16. The maximum Gasteiger partial charge on any atom is 0.251 e. The van der Waals surface area contributed by atoms with E-state index >= 15 is 0 Å². The molecule has 2 N–H and O–H groups in total. The van der Waals surface area contributed by atoms with Crippen LogP contribution in [0.25, 0.3) is 10.9 Å². The number of carbonyl (C=O) groups excluding carboxylic acids is 2. The molecule has 144 valence electrons. The number of hydrogen-bond acceptors (Lipinski definition) is 2. The van der Waals surface area contributed by atoms with Crippen LogP contribution >= 0.6 is 11.6 Å². The highest BCUT2D eigenvalue weighted by Gasteiger charge is 2.25. The Kier molecular flexibility index (Phi) is 5.35. The first-order chi connectivity index (χ1) is 13.6. The lowest BCUT2D eigenvalue weighted by atomic mass is 9.93. The summed E-state index contributed by atoms with van der Waals surface area (Å²) in [6.07, 6.45) is 1.80. The summed E-state index contributed by atoms with van der Waals surface area (Å²) in [7, 11) is 0. The largest absolute Gasteiger partial charge is 0.358 e. The molecular weight excluding hydrogens is 374 g/mol. The quantitative estimate of drug-likeness (QED) is 0.702. The highest BCUT2D eigenvalue weighted by molar-refractivity contribution is 6.31. The molecule has 2 heterocycles. The summed E-state index contributed by atoms with van der Waals surface area (Å²) in [5.74, 6) is 0.140. The molecule has 0 atom stereocenters. The molecule has 1 aliphatic rings. The molecule has 1 aromatic heterocycles. The molecule has 0 spiro atoms. The fourth-order valence-corrected chi connectivity index (χ4v) is 3.93. The van der Waals surface area contributed by atoms with Crippen LogP contribution in [0.5, 0.6) is 0 Å². The number of rotatable bonds is 4. The van der Waals surface area contributed by atoms with Crippen molar-refractivity contribution in [2.75, 3.05) is 19.6 Å². The maximum absolute atomic E-state index is 12.4. The minimum Gasteiger partial charge on any atom is -0.358 e. The van der Waals surface area contributed by atoms with Gasteiger partial charge in [-0.25, -0.2) is 0 Å². The van der Waals surface area contributed by atoms with Crippen molar-refractivity contribution in [2.24, 2.45) is 0 Å². The molecule has 0 saturated carbocycles. The minimum absolute atomic E-state index is 0.0310. The summed E-state index contributed by atoms with van der Waals surface area (Å²) in [6, 6.07) is 16.9.